The Kier molecular flexibility index (Phi) is 5.92. The smallest absolute Gasteiger partial charge is 0.323 e. The first-order valence-electron chi connectivity index (χ1n) is 10.3. The molecule has 3 heterocycles. The molecule has 2 saturated heterocycles. The number of benzene rings is 1. The summed E-state index contributed by atoms with van der Waals surface area (Å²) < 4.78 is 29.0. The molecule has 2 unspecified atom stereocenters. The van der Waals surface area contributed by atoms with Gasteiger partial charge in [0.1, 0.15) is 24.6 Å². The molecule has 0 radical (unpaired) electrons. The van der Waals surface area contributed by atoms with Crippen molar-refractivity contribution >= 4 is 6.41 Å². The van der Waals surface area contributed by atoms with Crippen molar-refractivity contribution in [1.29, 1.82) is 0 Å². The number of hydrogen-bond donors (Lipinski definition) is 0. The van der Waals surface area contributed by atoms with E-state index in [1.54, 1.807) is 7.11 Å². The highest BCUT2D eigenvalue weighted by molar-refractivity contribution is 5.55. The molecule has 4 rings (SSSR count). The number of aryl methyl sites for hydroxylation is 1. The van der Waals surface area contributed by atoms with Crippen LogP contribution in [-0.2, 0) is 25.4 Å². The van der Waals surface area contributed by atoms with Gasteiger partial charge in [-0.15, -0.1) is 0 Å². The van der Waals surface area contributed by atoms with Crippen LogP contribution in [0.5, 0.6) is 5.75 Å². The Morgan fingerprint density at radius 3 is 2.63 bits per heavy atom. The van der Waals surface area contributed by atoms with E-state index >= 15 is 0 Å². The number of carbonyl (C=O) groups is 1. The summed E-state index contributed by atoms with van der Waals surface area (Å²) in [6.45, 7) is 6.40. The highest BCUT2D eigenvalue weighted by Gasteiger charge is 2.54. The Labute approximate surface area is 176 Å². The van der Waals surface area contributed by atoms with Crippen LogP contribution in [0.2, 0.25) is 0 Å². The third kappa shape index (κ3) is 3.88. The second kappa shape index (κ2) is 8.47. The fourth-order valence-corrected chi connectivity index (χ4v) is 4.13. The Bertz CT molecular complexity index is 874. The third-order valence-electron chi connectivity index (χ3n) is 6.13. The standard InChI is InChI=1S/C22H29N2O6/c1-16-20(23-21(29-16)17-4-6-18(26-3)7-5-17)14-19-8-11-28-22(2,30-19)24(15-25)9-12-27-13-10-24/h4-7,15,19H,8-14H2,1-3H3/q+1. The number of quaternary nitrogens is 1. The SMILES string of the molecule is COc1ccc(-c2nc(CC3CCOC(C)([N+]4(C=O)CCOCC4)O3)c(C)o2)cc1. The molecule has 2 aliphatic heterocycles. The molecule has 0 spiro atoms. The zero-order valence-electron chi connectivity index (χ0n) is 17.8. The topological polar surface area (TPSA) is 80.0 Å². The molecule has 8 heteroatoms. The number of morpholine rings is 1. The average molecular weight is 417 g/mol. The van der Waals surface area contributed by atoms with Gasteiger partial charge in [0.15, 0.2) is 0 Å². The monoisotopic (exact) mass is 417 g/mol. The van der Waals surface area contributed by atoms with Gasteiger partial charge in [-0.1, -0.05) is 0 Å². The summed E-state index contributed by atoms with van der Waals surface area (Å²) in [4.78, 5) is 16.7. The van der Waals surface area contributed by atoms with Crippen molar-refractivity contribution in [2.75, 3.05) is 40.0 Å². The Balaban J connectivity index is 1.50. The molecule has 2 aliphatic rings. The summed E-state index contributed by atoms with van der Waals surface area (Å²) >= 11 is 0. The molecule has 1 amide bonds. The van der Waals surface area contributed by atoms with Gasteiger partial charge in [0.05, 0.1) is 38.7 Å². The minimum absolute atomic E-state index is 0.0956. The van der Waals surface area contributed by atoms with Gasteiger partial charge in [0.25, 0.3) is 0 Å². The van der Waals surface area contributed by atoms with E-state index in [1.165, 1.54) is 0 Å². The van der Waals surface area contributed by atoms with Crippen LogP contribution in [0.1, 0.15) is 24.8 Å². The lowest BCUT2D eigenvalue weighted by atomic mass is 10.1. The summed E-state index contributed by atoms with van der Waals surface area (Å²) in [5.41, 5.74) is 1.75. The third-order valence-corrected chi connectivity index (χ3v) is 6.13. The number of hydrogen-bond acceptors (Lipinski definition) is 7. The number of methoxy groups -OCH3 is 1. The second-order valence-corrected chi connectivity index (χ2v) is 7.93. The first-order valence-corrected chi connectivity index (χ1v) is 10.3. The minimum Gasteiger partial charge on any atom is -0.497 e. The van der Waals surface area contributed by atoms with E-state index < -0.39 is 5.91 Å². The summed E-state index contributed by atoms with van der Waals surface area (Å²) in [5, 5.41) is 0. The van der Waals surface area contributed by atoms with Crippen molar-refractivity contribution in [2.45, 2.75) is 38.7 Å². The molecule has 162 valence electrons. The van der Waals surface area contributed by atoms with Crippen molar-refractivity contribution < 1.29 is 32.6 Å². The summed E-state index contributed by atoms with van der Waals surface area (Å²) in [7, 11) is 1.64. The predicted octanol–water partition coefficient (Wildman–Crippen LogP) is 2.68. The van der Waals surface area contributed by atoms with Crippen molar-refractivity contribution in [3.8, 4) is 17.2 Å². The maximum absolute atomic E-state index is 12.0. The second-order valence-electron chi connectivity index (χ2n) is 7.93. The van der Waals surface area contributed by atoms with E-state index in [0.29, 0.717) is 45.2 Å². The number of carbonyl (C=O) groups excluding carboxylic acids is 1. The maximum Gasteiger partial charge on any atom is 0.323 e. The molecule has 0 aliphatic carbocycles. The van der Waals surface area contributed by atoms with Crippen LogP contribution < -0.4 is 4.74 Å². The number of ether oxygens (including phenoxy) is 4. The predicted molar refractivity (Wildman–Crippen MR) is 108 cm³/mol. The number of nitrogens with zero attached hydrogens (tertiary/aromatic N) is 2. The molecule has 8 nitrogen and oxygen atoms in total. The van der Waals surface area contributed by atoms with Gasteiger partial charge in [-0.2, -0.15) is 0 Å². The van der Waals surface area contributed by atoms with Crippen molar-refractivity contribution in [2.24, 2.45) is 0 Å². The Morgan fingerprint density at radius 2 is 1.97 bits per heavy atom. The van der Waals surface area contributed by atoms with Gasteiger partial charge in [0, 0.05) is 18.9 Å². The lowest BCUT2D eigenvalue weighted by Crippen LogP contribution is -2.70. The van der Waals surface area contributed by atoms with Crippen LogP contribution in [0.3, 0.4) is 0 Å². The molecular weight excluding hydrogens is 388 g/mol. The van der Waals surface area contributed by atoms with E-state index in [-0.39, 0.29) is 10.6 Å². The van der Waals surface area contributed by atoms with Gasteiger partial charge in [-0.05, 0) is 37.6 Å². The van der Waals surface area contributed by atoms with Gasteiger partial charge in [-0.3, -0.25) is 4.74 Å². The molecule has 0 saturated carbocycles. The maximum atomic E-state index is 12.0. The van der Waals surface area contributed by atoms with Crippen LogP contribution in [0.15, 0.2) is 28.7 Å². The molecule has 2 fully saturated rings. The van der Waals surface area contributed by atoms with Crippen LogP contribution in [-0.4, -0.2) is 67.9 Å². The van der Waals surface area contributed by atoms with E-state index in [0.717, 1.165) is 35.6 Å². The summed E-state index contributed by atoms with van der Waals surface area (Å²) in [6, 6.07) is 7.61. The molecule has 0 N–H and O–H groups in total. The first kappa shape index (κ1) is 21.0. The molecule has 1 aromatic heterocycles. The number of amides is 1. The highest BCUT2D eigenvalue weighted by atomic mass is 16.7. The average Bonchev–Trinajstić information content (AvgIpc) is 3.14. The summed E-state index contributed by atoms with van der Waals surface area (Å²) in [5.74, 6) is 1.10. The van der Waals surface area contributed by atoms with Gasteiger partial charge >= 0.3 is 12.3 Å². The van der Waals surface area contributed by atoms with E-state index in [1.807, 2.05) is 38.1 Å². The number of rotatable bonds is 6. The van der Waals surface area contributed by atoms with E-state index in [9.17, 15) is 4.79 Å². The summed E-state index contributed by atoms with van der Waals surface area (Å²) in [6.07, 6.45) is 2.15. The molecular formula is C22H29N2O6+. The van der Waals surface area contributed by atoms with Gasteiger partial charge in [0.2, 0.25) is 5.89 Å². The molecule has 30 heavy (non-hydrogen) atoms. The molecule has 1 aromatic carbocycles. The van der Waals surface area contributed by atoms with Crippen LogP contribution in [0.4, 0.5) is 0 Å². The fraction of sp³-hybridized carbons (Fsp3) is 0.545. The van der Waals surface area contributed by atoms with Crippen molar-refractivity contribution in [1.82, 2.24) is 4.98 Å². The quantitative estimate of drug-likeness (QED) is 0.528. The van der Waals surface area contributed by atoms with E-state index in [2.05, 4.69) is 0 Å². The van der Waals surface area contributed by atoms with Crippen LogP contribution in [0, 0.1) is 6.92 Å². The van der Waals surface area contributed by atoms with Crippen molar-refractivity contribution in [3.05, 3.63) is 35.7 Å². The normalized spacial score (nSPS) is 26.3. The zero-order valence-corrected chi connectivity index (χ0v) is 17.8. The van der Waals surface area contributed by atoms with Crippen molar-refractivity contribution in [3.63, 3.8) is 0 Å². The van der Waals surface area contributed by atoms with E-state index in [4.69, 9.17) is 28.3 Å². The Morgan fingerprint density at radius 1 is 1.23 bits per heavy atom. The minimum atomic E-state index is -1.02. The Hall–Kier alpha value is -2.26. The largest absolute Gasteiger partial charge is 0.497 e. The first-order chi connectivity index (χ1) is 14.5. The lowest BCUT2D eigenvalue weighted by molar-refractivity contribution is -0.964. The highest BCUT2D eigenvalue weighted by Crippen LogP contribution is 2.35. The molecule has 2 aromatic rings. The number of oxazole rings is 1. The molecule has 0 bridgehead atoms. The van der Waals surface area contributed by atoms with Crippen LogP contribution in [0.25, 0.3) is 11.5 Å². The fourth-order valence-electron chi connectivity index (χ4n) is 4.13. The van der Waals surface area contributed by atoms with Gasteiger partial charge < -0.3 is 18.6 Å². The zero-order chi connectivity index (χ0) is 21.2. The van der Waals surface area contributed by atoms with Gasteiger partial charge in [-0.25, -0.2) is 14.3 Å². The number of aromatic nitrogens is 1. The molecule has 2 atom stereocenters. The lowest BCUT2D eigenvalue weighted by Gasteiger charge is -2.49. The van der Waals surface area contributed by atoms with Crippen LogP contribution >= 0.6 is 0 Å².